The standard InChI is InChI=1S/C21H22N6O/c1-13(2)15-7-9-16(10-8-15)19-18(14(3)25-21-23-12-24-27(19)21)20(28)26-17-6-4-5-11-22-17/h4-13,19H,1-3H3,(H,22,26,28)(H,23,24,25)/t19-/m0/s1. The minimum Gasteiger partial charge on any atom is -0.328 e. The Morgan fingerprint density at radius 1 is 1.14 bits per heavy atom. The summed E-state index contributed by atoms with van der Waals surface area (Å²) >= 11 is 0. The van der Waals surface area contributed by atoms with E-state index in [1.807, 2.05) is 19.1 Å². The summed E-state index contributed by atoms with van der Waals surface area (Å²) in [6.45, 7) is 6.19. The van der Waals surface area contributed by atoms with Gasteiger partial charge in [-0.25, -0.2) is 9.67 Å². The number of carbonyl (C=O) groups is 1. The Balaban J connectivity index is 1.75. The maximum atomic E-state index is 13.2. The zero-order valence-electron chi connectivity index (χ0n) is 16.0. The van der Waals surface area contributed by atoms with E-state index in [9.17, 15) is 4.79 Å². The highest BCUT2D eigenvalue weighted by molar-refractivity contribution is 6.05. The van der Waals surface area contributed by atoms with Crippen LogP contribution in [0.25, 0.3) is 0 Å². The second kappa shape index (κ2) is 7.26. The second-order valence-corrected chi connectivity index (χ2v) is 7.08. The molecule has 3 aromatic rings. The van der Waals surface area contributed by atoms with Gasteiger partial charge in [0.1, 0.15) is 18.2 Å². The smallest absolute Gasteiger partial charge is 0.257 e. The van der Waals surface area contributed by atoms with Gasteiger partial charge in [0.2, 0.25) is 5.95 Å². The van der Waals surface area contributed by atoms with E-state index >= 15 is 0 Å². The summed E-state index contributed by atoms with van der Waals surface area (Å²) in [6, 6.07) is 13.3. The highest BCUT2D eigenvalue weighted by Gasteiger charge is 2.33. The minimum absolute atomic E-state index is 0.220. The first-order valence-electron chi connectivity index (χ1n) is 9.24. The third kappa shape index (κ3) is 3.26. The molecule has 1 aliphatic rings. The molecule has 142 valence electrons. The fourth-order valence-electron chi connectivity index (χ4n) is 3.38. The number of pyridine rings is 1. The van der Waals surface area contributed by atoms with Gasteiger partial charge in [-0.3, -0.25) is 4.79 Å². The fourth-order valence-corrected chi connectivity index (χ4v) is 3.38. The van der Waals surface area contributed by atoms with Crippen LogP contribution in [0.3, 0.4) is 0 Å². The second-order valence-electron chi connectivity index (χ2n) is 7.08. The predicted octanol–water partition coefficient (Wildman–Crippen LogP) is 3.72. The predicted molar refractivity (Wildman–Crippen MR) is 108 cm³/mol. The van der Waals surface area contributed by atoms with Crippen LogP contribution in [0.2, 0.25) is 0 Å². The van der Waals surface area contributed by atoms with Gasteiger partial charge in [-0.1, -0.05) is 44.2 Å². The number of nitrogens with one attached hydrogen (secondary N) is 2. The van der Waals surface area contributed by atoms with Crippen molar-refractivity contribution in [3.63, 3.8) is 0 Å². The average molecular weight is 374 g/mol. The van der Waals surface area contributed by atoms with Crippen LogP contribution < -0.4 is 10.6 Å². The molecule has 1 atom stereocenters. The third-order valence-electron chi connectivity index (χ3n) is 4.86. The van der Waals surface area contributed by atoms with Crippen molar-refractivity contribution in [3.8, 4) is 0 Å². The summed E-state index contributed by atoms with van der Waals surface area (Å²) in [5, 5.41) is 10.4. The number of allylic oxidation sites excluding steroid dienone is 1. The first-order valence-corrected chi connectivity index (χ1v) is 9.24. The largest absolute Gasteiger partial charge is 0.328 e. The van der Waals surface area contributed by atoms with E-state index < -0.39 is 0 Å². The van der Waals surface area contributed by atoms with Crippen LogP contribution in [0.15, 0.2) is 66.3 Å². The van der Waals surface area contributed by atoms with Gasteiger partial charge >= 0.3 is 0 Å². The molecule has 0 saturated heterocycles. The van der Waals surface area contributed by atoms with Gasteiger partial charge in [0.05, 0.1) is 5.57 Å². The molecule has 0 bridgehead atoms. The van der Waals surface area contributed by atoms with Crippen LogP contribution in [0, 0.1) is 0 Å². The van der Waals surface area contributed by atoms with E-state index in [1.54, 1.807) is 16.9 Å². The number of benzene rings is 1. The van der Waals surface area contributed by atoms with Crippen molar-refractivity contribution in [2.75, 3.05) is 10.6 Å². The lowest BCUT2D eigenvalue weighted by Crippen LogP contribution is -2.31. The summed E-state index contributed by atoms with van der Waals surface area (Å²) in [5.74, 6) is 1.34. The molecule has 0 radical (unpaired) electrons. The molecule has 2 N–H and O–H groups in total. The molecular weight excluding hydrogens is 352 g/mol. The van der Waals surface area contributed by atoms with Crippen molar-refractivity contribution in [1.82, 2.24) is 19.7 Å². The van der Waals surface area contributed by atoms with E-state index in [2.05, 4.69) is 63.8 Å². The maximum absolute atomic E-state index is 13.2. The van der Waals surface area contributed by atoms with Gasteiger partial charge in [-0.05, 0) is 36.1 Å². The van der Waals surface area contributed by atoms with Crippen molar-refractivity contribution in [1.29, 1.82) is 0 Å². The SMILES string of the molecule is CC1=C(C(=O)Nc2ccccn2)[C@H](c2ccc(C(C)C)cc2)n2ncnc2N1. The molecule has 7 nitrogen and oxygen atoms in total. The third-order valence-corrected chi connectivity index (χ3v) is 4.86. The molecule has 0 unspecified atom stereocenters. The number of nitrogens with zero attached hydrogens (tertiary/aromatic N) is 4. The number of fused-ring (bicyclic) bond motifs is 1. The number of hydrogen-bond donors (Lipinski definition) is 2. The van der Waals surface area contributed by atoms with Crippen molar-refractivity contribution in [2.24, 2.45) is 0 Å². The van der Waals surface area contributed by atoms with Gasteiger partial charge < -0.3 is 10.6 Å². The maximum Gasteiger partial charge on any atom is 0.257 e. The normalized spacial score (nSPS) is 15.9. The number of rotatable bonds is 4. The minimum atomic E-state index is -0.372. The van der Waals surface area contributed by atoms with Crippen molar-refractivity contribution >= 4 is 17.7 Å². The molecule has 0 fully saturated rings. The Labute approximate surface area is 163 Å². The van der Waals surface area contributed by atoms with Gasteiger partial charge in [0.25, 0.3) is 5.91 Å². The number of anilines is 2. The van der Waals surface area contributed by atoms with Gasteiger partial charge in [-0.2, -0.15) is 10.1 Å². The van der Waals surface area contributed by atoms with E-state index in [-0.39, 0.29) is 11.9 Å². The molecule has 7 heteroatoms. The molecular formula is C21H22N6O. The van der Waals surface area contributed by atoms with Crippen LogP contribution >= 0.6 is 0 Å². The van der Waals surface area contributed by atoms with Crippen molar-refractivity contribution in [2.45, 2.75) is 32.7 Å². The Kier molecular flexibility index (Phi) is 4.65. The summed E-state index contributed by atoms with van der Waals surface area (Å²) in [6.07, 6.45) is 3.14. The average Bonchev–Trinajstić information content (AvgIpc) is 3.15. The van der Waals surface area contributed by atoms with E-state index in [1.165, 1.54) is 11.9 Å². The Bertz CT molecular complexity index is 1020. The van der Waals surface area contributed by atoms with Crippen molar-refractivity contribution < 1.29 is 4.79 Å². The molecule has 1 aromatic carbocycles. The summed E-state index contributed by atoms with van der Waals surface area (Å²) < 4.78 is 1.74. The van der Waals surface area contributed by atoms with Crippen LogP contribution in [0.5, 0.6) is 0 Å². The van der Waals surface area contributed by atoms with Crippen LogP contribution in [0.4, 0.5) is 11.8 Å². The molecule has 1 aliphatic heterocycles. The Hall–Kier alpha value is -3.48. The lowest BCUT2D eigenvalue weighted by Gasteiger charge is -2.28. The van der Waals surface area contributed by atoms with Gasteiger partial charge in [-0.15, -0.1) is 0 Å². The van der Waals surface area contributed by atoms with E-state index in [0.717, 1.165) is 11.3 Å². The Morgan fingerprint density at radius 2 is 1.93 bits per heavy atom. The summed E-state index contributed by atoms with van der Waals surface area (Å²) in [5.41, 5.74) is 3.55. The molecule has 0 spiro atoms. The van der Waals surface area contributed by atoms with Gasteiger partial charge in [0, 0.05) is 11.9 Å². The highest BCUT2D eigenvalue weighted by atomic mass is 16.1. The van der Waals surface area contributed by atoms with Crippen LogP contribution in [0.1, 0.15) is 43.9 Å². The topological polar surface area (TPSA) is 84.7 Å². The zero-order valence-corrected chi connectivity index (χ0v) is 16.0. The number of hydrogen-bond acceptors (Lipinski definition) is 5. The quantitative estimate of drug-likeness (QED) is 0.727. The lowest BCUT2D eigenvalue weighted by atomic mass is 9.93. The van der Waals surface area contributed by atoms with Crippen molar-refractivity contribution in [3.05, 3.63) is 77.4 Å². The van der Waals surface area contributed by atoms with E-state index in [0.29, 0.717) is 23.3 Å². The summed E-state index contributed by atoms with van der Waals surface area (Å²) in [4.78, 5) is 21.6. The molecule has 1 amide bonds. The van der Waals surface area contributed by atoms with Gasteiger partial charge in [0.15, 0.2) is 0 Å². The summed E-state index contributed by atoms with van der Waals surface area (Å²) in [7, 11) is 0. The molecule has 3 heterocycles. The molecule has 0 aliphatic carbocycles. The first-order chi connectivity index (χ1) is 13.5. The number of amides is 1. The zero-order chi connectivity index (χ0) is 19.7. The van der Waals surface area contributed by atoms with Crippen LogP contribution in [-0.4, -0.2) is 25.7 Å². The monoisotopic (exact) mass is 374 g/mol. The molecule has 0 saturated carbocycles. The highest BCUT2D eigenvalue weighted by Crippen LogP contribution is 2.35. The fraction of sp³-hybridized carbons (Fsp3) is 0.238. The Morgan fingerprint density at radius 3 is 2.61 bits per heavy atom. The number of carbonyl (C=O) groups excluding carboxylic acids is 1. The number of aromatic nitrogens is 4. The van der Waals surface area contributed by atoms with E-state index in [4.69, 9.17) is 0 Å². The molecule has 4 rings (SSSR count). The molecule has 28 heavy (non-hydrogen) atoms. The molecule has 2 aromatic heterocycles. The van der Waals surface area contributed by atoms with Crippen LogP contribution in [-0.2, 0) is 4.79 Å². The first kappa shape index (κ1) is 17.9. The lowest BCUT2D eigenvalue weighted by molar-refractivity contribution is -0.113.